The third kappa shape index (κ3) is 2.15. The van der Waals surface area contributed by atoms with Crippen molar-refractivity contribution in [2.45, 2.75) is 25.8 Å². The van der Waals surface area contributed by atoms with Gasteiger partial charge in [-0.15, -0.1) is 5.10 Å². The lowest BCUT2D eigenvalue weighted by atomic mass is 10.3. The predicted octanol–water partition coefficient (Wildman–Crippen LogP) is 0.443. The van der Waals surface area contributed by atoms with Crippen molar-refractivity contribution in [2.24, 2.45) is 0 Å². The third-order valence-corrected chi connectivity index (χ3v) is 3.25. The van der Waals surface area contributed by atoms with E-state index in [1.165, 1.54) is 0 Å². The SMILES string of the molecule is Cc1nnsc1C(=O)N(CCO)C1CC1. The van der Waals surface area contributed by atoms with E-state index in [9.17, 15) is 4.79 Å². The molecule has 0 spiro atoms. The fourth-order valence-electron chi connectivity index (χ4n) is 1.50. The maximum atomic E-state index is 12.0. The van der Waals surface area contributed by atoms with E-state index in [2.05, 4.69) is 9.59 Å². The molecule has 1 fully saturated rings. The van der Waals surface area contributed by atoms with Crippen LogP contribution in [0, 0.1) is 6.92 Å². The van der Waals surface area contributed by atoms with Gasteiger partial charge in [-0.3, -0.25) is 4.79 Å². The van der Waals surface area contributed by atoms with Gasteiger partial charge >= 0.3 is 0 Å². The van der Waals surface area contributed by atoms with E-state index in [0.29, 0.717) is 23.2 Å². The van der Waals surface area contributed by atoms with Gasteiger partial charge < -0.3 is 10.0 Å². The van der Waals surface area contributed by atoms with Gasteiger partial charge in [-0.2, -0.15) is 0 Å². The number of carbonyl (C=O) groups is 1. The number of carbonyl (C=O) groups excluding carboxylic acids is 1. The molecule has 5 nitrogen and oxygen atoms in total. The number of aliphatic hydroxyl groups is 1. The maximum Gasteiger partial charge on any atom is 0.267 e. The number of aliphatic hydroxyl groups excluding tert-OH is 1. The first kappa shape index (κ1) is 10.5. The Morgan fingerprint density at radius 1 is 1.67 bits per heavy atom. The summed E-state index contributed by atoms with van der Waals surface area (Å²) in [4.78, 5) is 14.4. The second kappa shape index (κ2) is 4.24. The average Bonchev–Trinajstić information content (AvgIpc) is 2.97. The maximum absolute atomic E-state index is 12.0. The van der Waals surface area contributed by atoms with E-state index in [0.717, 1.165) is 24.4 Å². The fraction of sp³-hybridized carbons (Fsp3) is 0.667. The van der Waals surface area contributed by atoms with E-state index in [-0.39, 0.29) is 12.5 Å². The summed E-state index contributed by atoms with van der Waals surface area (Å²) in [6, 6.07) is 0.311. The van der Waals surface area contributed by atoms with Crippen LogP contribution in [0.25, 0.3) is 0 Å². The third-order valence-electron chi connectivity index (χ3n) is 2.44. The van der Waals surface area contributed by atoms with Crippen LogP contribution in [0.4, 0.5) is 0 Å². The molecule has 6 heteroatoms. The summed E-state index contributed by atoms with van der Waals surface area (Å²) in [5, 5.41) is 12.7. The first-order valence-corrected chi connectivity index (χ1v) is 5.72. The summed E-state index contributed by atoms with van der Waals surface area (Å²) < 4.78 is 3.75. The largest absolute Gasteiger partial charge is 0.395 e. The molecule has 0 saturated heterocycles. The monoisotopic (exact) mass is 227 g/mol. The molecule has 2 rings (SSSR count). The molecule has 82 valence electrons. The van der Waals surface area contributed by atoms with Gasteiger partial charge in [-0.25, -0.2) is 0 Å². The Balaban J connectivity index is 2.14. The summed E-state index contributed by atoms with van der Waals surface area (Å²) in [7, 11) is 0. The first-order valence-electron chi connectivity index (χ1n) is 4.95. The standard InChI is InChI=1S/C9H13N3O2S/c1-6-8(15-11-10-6)9(14)12(4-5-13)7-2-3-7/h7,13H,2-5H2,1H3. The number of hydrogen-bond acceptors (Lipinski definition) is 5. The van der Waals surface area contributed by atoms with Crippen LogP contribution in [0.2, 0.25) is 0 Å². The number of rotatable bonds is 4. The van der Waals surface area contributed by atoms with Crippen molar-refractivity contribution in [1.29, 1.82) is 0 Å². The summed E-state index contributed by atoms with van der Waals surface area (Å²) in [6.07, 6.45) is 2.08. The van der Waals surface area contributed by atoms with Crippen molar-refractivity contribution in [3.63, 3.8) is 0 Å². The van der Waals surface area contributed by atoms with E-state index in [1.807, 2.05) is 0 Å². The lowest BCUT2D eigenvalue weighted by Crippen LogP contribution is -2.35. The highest BCUT2D eigenvalue weighted by Crippen LogP contribution is 2.28. The van der Waals surface area contributed by atoms with Crippen molar-refractivity contribution >= 4 is 17.4 Å². The smallest absolute Gasteiger partial charge is 0.267 e. The molecule has 15 heavy (non-hydrogen) atoms. The lowest BCUT2D eigenvalue weighted by Gasteiger charge is -2.20. The van der Waals surface area contributed by atoms with Gasteiger partial charge in [0.2, 0.25) is 0 Å². The van der Waals surface area contributed by atoms with Gasteiger partial charge in [0.05, 0.1) is 12.3 Å². The zero-order valence-corrected chi connectivity index (χ0v) is 9.33. The fourth-order valence-corrected chi connectivity index (χ4v) is 2.12. The highest BCUT2D eigenvalue weighted by molar-refractivity contribution is 7.07. The molecule has 0 radical (unpaired) electrons. The average molecular weight is 227 g/mol. The van der Waals surface area contributed by atoms with Crippen molar-refractivity contribution in [2.75, 3.05) is 13.2 Å². The Bertz CT molecular complexity index is 362. The van der Waals surface area contributed by atoms with Crippen molar-refractivity contribution in [1.82, 2.24) is 14.5 Å². The van der Waals surface area contributed by atoms with E-state index in [4.69, 9.17) is 5.11 Å². The lowest BCUT2D eigenvalue weighted by molar-refractivity contribution is 0.0711. The quantitative estimate of drug-likeness (QED) is 0.810. The summed E-state index contributed by atoms with van der Waals surface area (Å²) in [6.45, 7) is 2.19. The molecule has 0 aliphatic heterocycles. The van der Waals surface area contributed by atoms with Crippen molar-refractivity contribution in [3.8, 4) is 0 Å². The van der Waals surface area contributed by atoms with Gasteiger partial charge in [0.15, 0.2) is 0 Å². The summed E-state index contributed by atoms with van der Waals surface area (Å²) >= 11 is 1.12. The Morgan fingerprint density at radius 3 is 2.87 bits per heavy atom. The zero-order chi connectivity index (χ0) is 10.8. The van der Waals surface area contributed by atoms with Crippen LogP contribution in [-0.4, -0.2) is 44.7 Å². The van der Waals surface area contributed by atoms with Crippen LogP contribution >= 0.6 is 11.5 Å². The van der Waals surface area contributed by atoms with Crippen LogP contribution in [0.3, 0.4) is 0 Å². The van der Waals surface area contributed by atoms with Crippen LogP contribution in [-0.2, 0) is 0 Å². The van der Waals surface area contributed by atoms with Crippen LogP contribution < -0.4 is 0 Å². The Labute approximate surface area is 91.9 Å². The summed E-state index contributed by atoms with van der Waals surface area (Å²) in [5.41, 5.74) is 0.675. The molecule has 0 aromatic carbocycles. The Morgan fingerprint density at radius 2 is 2.40 bits per heavy atom. The zero-order valence-electron chi connectivity index (χ0n) is 8.51. The molecule has 0 unspecified atom stereocenters. The van der Waals surface area contributed by atoms with Crippen LogP contribution in [0.1, 0.15) is 28.2 Å². The van der Waals surface area contributed by atoms with Gasteiger partial charge in [0.25, 0.3) is 5.91 Å². The molecule has 1 amide bonds. The molecule has 1 aliphatic carbocycles. The molecule has 1 aromatic heterocycles. The van der Waals surface area contributed by atoms with E-state index < -0.39 is 0 Å². The highest BCUT2D eigenvalue weighted by atomic mass is 32.1. The van der Waals surface area contributed by atoms with E-state index >= 15 is 0 Å². The molecule has 0 bridgehead atoms. The molecule has 1 heterocycles. The van der Waals surface area contributed by atoms with Gasteiger partial charge in [0.1, 0.15) is 4.88 Å². The van der Waals surface area contributed by atoms with Crippen molar-refractivity contribution in [3.05, 3.63) is 10.6 Å². The normalized spacial score (nSPS) is 15.3. The number of aryl methyl sites for hydroxylation is 1. The number of aromatic nitrogens is 2. The van der Waals surface area contributed by atoms with Crippen molar-refractivity contribution < 1.29 is 9.90 Å². The second-order valence-electron chi connectivity index (χ2n) is 3.64. The molecular weight excluding hydrogens is 214 g/mol. The second-order valence-corrected chi connectivity index (χ2v) is 4.39. The molecule has 0 atom stereocenters. The first-order chi connectivity index (χ1) is 7.24. The van der Waals surface area contributed by atoms with Gasteiger partial charge in [0, 0.05) is 12.6 Å². The molecule has 1 N–H and O–H groups in total. The number of amides is 1. The van der Waals surface area contributed by atoms with E-state index in [1.54, 1.807) is 11.8 Å². The Hall–Kier alpha value is -1.01. The predicted molar refractivity (Wildman–Crippen MR) is 55.8 cm³/mol. The highest BCUT2D eigenvalue weighted by Gasteiger charge is 2.33. The van der Waals surface area contributed by atoms with Crippen LogP contribution in [0.15, 0.2) is 0 Å². The molecule has 1 aliphatic rings. The molecule has 1 saturated carbocycles. The van der Waals surface area contributed by atoms with Crippen LogP contribution in [0.5, 0.6) is 0 Å². The molecular formula is C9H13N3O2S. The minimum Gasteiger partial charge on any atom is -0.395 e. The number of nitrogens with zero attached hydrogens (tertiary/aromatic N) is 3. The topological polar surface area (TPSA) is 66.3 Å². The summed E-state index contributed by atoms with van der Waals surface area (Å²) in [5.74, 6) is -0.0425. The Kier molecular flexibility index (Phi) is 2.97. The number of hydrogen-bond donors (Lipinski definition) is 1. The minimum atomic E-state index is -0.0425. The van der Waals surface area contributed by atoms with Gasteiger partial charge in [-0.1, -0.05) is 4.49 Å². The minimum absolute atomic E-state index is 0.00746. The molecule has 1 aromatic rings. The van der Waals surface area contributed by atoms with Gasteiger partial charge in [-0.05, 0) is 31.3 Å².